The third kappa shape index (κ3) is 8.74. The Labute approximate surface area is 341 Å². The zero-order valence-corrected chi connectivity index (χ0v) is 34.3. The molecule has 0 bridgehead atoms. The van der Waals surface area contributed by atoms with E-state index in [9.17, 15) is 14.4 Å². The molecule has 0 saturated carbocycles. The number of halogens is 2. The van der Waals surface area contributed by atoms with Crippen LogP contribution in [0.4, 0.5) is 4.79 Å². The molecule has 252 valence electrons. The van der Waals surface area contributed by atoms with E-state index in [1.54, 1.807) is 0 Å². The minimum atomic E-state index is -1.07. The Morgan fingerprint density at radius 3 is 1.90 bits per heavy atom. The molecule has 0 radical (unpaired) electrons. The van der Waals surface area contributed by atoms with Crippen LogP contribution in [0.25, 0.3) is 0 Å². The average Bonchev–Trinajstić information content (AvgIpc) is 3.30. The normalized spacial score (nSPS) is 29.4. The molecular weight excluding hydrogens is 773 g/mol. The molecule has 10 nitrogen and oxygen atoms in total. The van der Waals surface area contributed by atoms with Gasteiger partial charge in [0.25, 0.3) is 5.91 Å². The molecule has 3 saturated heterocycles. The van der Waals surface area contributed by atoms with E-state index in [1.165, 1.54) is 0 Å². The summed E-state index contributed by atoms with van der Waals surface area (Å²) in [5.74, 6) is 1.90. The van der Waals surface area contributed by atoms with E-state index in [4.69, 9.17) is 30.8 Å². The van der Waals surface area contributed by atoms with Crippen molar-refractivity contribution in [1.29, 1.82) is 5.26 Å². The molecular formula is C35H40Br2KN3O7. The molecule has 0 aromatic heterocycles. The van der Waals surface area contributed by atoms with Crippen LogP contribution < -0.4 is 71.5 Å². The predicted octanol–water partition coefficient (Wildman–Crippen LogP) is 3.93. The van der Waals surface area contributed by atoms with Gasteiger partial charge >= 0.3 is 57.4 Å². The van der Waals surface area contributed by atoms with E-state index in [2.05, 4.69) is 70.2 Å². The molecule has 13 heteroatoms. The fourth-order valence-corrected chi connectivity index (χ4v) is 8.14. The Kier molecular flexibility index (Phi) is 13.1. The summed E-state index contributed by atoms with van der Waals surface area (Å²) < 4.78 is 25.7. The quantitative estimate of drug-likeness (QED) is 0.265. The van der Waals surface area contributed by atoms with Crippen molar-refractivity contribution in [3.63, 3.8) is 0 Å². The third-order valence-corrected chi connectivity index (χ3v) is 10.5. The number of nitrogens with one attached hydrogen (secondary N) is 2. The Morgan fingerprint density at radius 2 is 1.33 bits per heavy atom. The van der Waals surface area contributed by atoms with Crippen LogP contribution in [0, 0.1) is 23.7 Å². The molecule has 0 aliphatic carbocycles. The Bertz CT molecular complexity index is 1570. The number of amides is 3. The number of Topliss-reactive ketones (excluding diaryl/α,β-unsaturated/α-hetero) is 1. The first-order valence-electron chi connectivity index (χ1n) is 15.8. The maximum Gasteiger partial charge on any atom is 1.00 e. The number of ether oxygens (including phenoxy) is 4. The van der Waals surface area contributed by atoms with Crippen LogP contribution in [0.5, 0.6) is 11.5 Å². The van der Waals surface area contributed by atoms with Crippen LogP contribution in [-0.2, 0) is 19.8 Å². The van der Waals surface area contributed by atoms with Gasteiger partial charge in [-0.25, -0.2) is 4.79 Å². The van der Waals surface area contributed by atoms with Crippen LogP contribution in [0.3, 0.4) is 0 Å². The summed E-state index contributed by atoms with van der Waals surface area (Å²) in [6.45, 7) is 14.5. The van der Waals surface area contributed by atoms with Crippen molar-refractivity contribution >= 4 is 49.6 Å². The largest absolute Gasteiger partial charge is 1.00 e. The van der Waals surface area contributed by atoms with Crippen molar-refractivity contribution in [1.82, 2.24) is 10.6 Å². The van der Waals surface area contributed by atoms with Gasteiger partial charge in [-0.1, -0.05) is 31.9 Å². The van der Waals surface area contributed by atoms with Crippen molar-refractivity contribution in [2.24, 2.45) is 11.8 Å². The maximum absolute atomic E-state index is 12.7. The van der Waals surface area contributed by atoms with Crippen LogP contribution in [0.2, 0.25) is 0 Å². The number of imide groups is 1. The van der Waals surface area contributed by atoms with Crippen molar-refractivity contribution in [3.8, 4) is 11.5 Å². The van der Waals surface area contributed by atoms with Crippen LogP contribution in [0.15, 0.2) is 45.3 Å². The van der Waals surface area contributed by atoms with Crippen LogP contribution in [0.1, 0.15) is 82.1 Å². The molecule has 1 spiro atoms. The number of hydrogen-bond donors (Lipinski definition) is 2. The first kappa shape index (κ1) is 39.4. The summed E-state index contributed by atoms with van der Waals surface area (Å²) in [5, 5.41) is 11.5. The number of fused-ring (bicyclic) bond motifs is 3. The fourth-order valence-electron chi connectivity index (χ4n) is 7.42. The smallest absolute Gasteiger partial charge is 0.512 e. The molecule has 5 aliphatic rings. The molecule has 7 rings (SSSR count). The van der Waals surface area contributed by atoms with Gasteiger partial charge in [0.15, 0.2) is 11.3 Å². The van der Waals surface area contributed by atoms with Crippen molar-refractivity contribution < 1.29 is 84.7 Å². The summed E-state index contributed by atoms with van der Waals surface area (Å²) in [6.07, 6.45) is 4.38. The average molecular weight is 814 g/mol. The maximum atomic E-state index is 12.7. The first-order valence-corrected chi connectivity index (χ1v) is 17.4. The molecule has 2 aromatic rings. The molecule has 2 aromatic carbocycles. The summed E-state index contributed by atoms with van der Waals surface area (Å²) in [7, 11) is 0. The van der Waals surface area contributed by atoms with E-state index in [1.807, 2.05) is 36.4 Å². The van der Waals surface area contributed by atoms with E-state index in [0.29, 0.717) is 42.2 Å². The van der Waals surface area contributed by atoms with E-state index in [-0.39, 0.29) is 92.4 Å². The fraction of sp³-hybridized carbons (Fsp3) is 0.543. The zero-order valence-electron chi connectivity index (χ0n) is 28.0. The number of ketones is 1. The monoisotopic (exact) mass is 811 g/mol. The minimum absolute atomic E-state index is 0. The van der Waals surface area contributed by atoms with Gasteiger partial charge in [0.1, 0.15) is 23.7 Å². The molecule has 2 N–H and O–H groups in total. The van der Waals surface area contributed by atoms with Gasteiger partial charge in [-0.05, 0) is 89.8 Å². The number of carbonyl (C=O) groups excluding carboxylic acids is 3. The topological polar surface area (TPSA) is 136 Å². The number of carbonyl (C=O) groups is 3. The first-order chi connectivity index (χ1) is 22.2. The second-order valence-corrected chi connectivity index (χ2v) is 15.8. The van der Waals surface area contributed by atoms with Crippen LogP contribution >= 0.6 is 31.9 Å². The molecule has 5 heterocycles. The minimum Gasteiger partial charge on any atom is -0.512 e. The Balaban J connectivity index is 0.000000207. The Hall–Kier alpha value is -1.34. The van der Waals surface area contributed by atoms with Crippen molar-refractivity contribution in [2.45, 2.75) is 95.2 Å². The van der Waals surface area contributed by atoms with Gasteiger partial charge in [0.05, 0.1) is 16.8 Å². The van der Waals surface area contributed by atoms with Gasteiger partial charge in [0, 0.05) is 52.4 Å². The van der Waals surface area contributed by atoms with Crippen molar-refractivity contribution in [2.75, 3.05) is 13.2 Å². The van der Waals surface area contributed by atoms with Gasteiger partial charge in [-0.15, -0.1) is 0 Å². The summed E-state index contributed by atoms with van der Waals surface area (Å²) in [5.41, 5.74) is 0.00653. The summed E-state index contributed by atoms with van der Waals surface area (Å²) >= 11 is 6.85. The van der Waals surface area contributed by atoms with Gasteiger partial charge in [-0.3, -0.25) is 14.9 Å². The number of benzene rings is 2. The van der Waals surface area contributed by atoms with Gasteiger partial charge < -0.3 is 36.1 Å². The number of rotatable bonds is 2. The zero-order chi connectivity index (χ0) is 34.1. The molecule has 5 unspecified atom stereocenters. The Morgan fingerprint density at radius 1 is 0.792 bits per heavy atom. The van der Waals surface area contributed by atoms with Crippen molar-refractivity contribution in [3.05, 3.63) is 63.0 Å². The summed E-state index contributed by atoms with van der Waals surface area (Å²) in [4.78, 5) is 36.9. The molecule has 5 aliphatic heterocycles. The number of hydrogen-bond acceptors (Lipinski definition) is 8. The van der Waals surface area contributed by atoms with E-state index in [0.717, 1.165) is 47.0 Å². The second kappa shape index (κ2) is 15.9. The predicted molar refractivity (Wildman–Crippen MR) is 180 cm³/mol. The standard InChI is InChI=1S/C18H21BrN2O4.C16H19BrO3.CN.K/c1-17(2)8-10(5-6-24-17)14-9-18(15(22)20-16(23)21-18)12-7-11(19)3-4-13(12)25-14;1-16(2)9-10(5-6-19-16)15-8-13(18)12-7-11(17)3-4-14(12)20-15;1-2;/h3-4,7,10,14H,5-6,8-9H2,1-2H3,(H2,20,21,22,23);3-4,7,10,15H,5-6,8-9H2,1-2H3;;/q;;-1;+1. The third-order valence-electron chi connectivity index (χ3n) is 9.56. The molecule has 48 heavy (non-hydrogen) atoms. The molecule has 5 atom stereocenters. The second-order valence-electron chi connectivity index (χ2n) is 14.0. The van der Waals surface area contributed by atoms with E-state index >= 15 is 0 Å². The molecule has 3 amide bonds. The van der Waals surface area contributed by atoms with Gasteiger partial charge in [-0.2, -0.15) is 0 Å². The number of urea groups is 1. The summed E-state index contributed by atoms with van der Waals surface area (Å²) in [6, 6.07) is 10.8. The molecule has 3 fully saturated rings. The van der Waals surface area contributed by atoms with E-state index < -0.39 is 11.6 Å². The van der Waals surface area contributed by atoms with Crippen LogP contribution in [-0.4, -0.2) is 54.3 Å². The SMILES string of the molecule is CC1(C)CC(C2CC(=O)c3cc(Br)ccc3O2)CCO1.CC1(C)CC(C2CC3(NC(=O)NC3=O)c3cc(Br)ccc3O2)CCO1.[C-]#N.[K+]. The van der Waals surface area contributed by atoms with Gasteiger partial charge in [0.2, 0.25) is 0 Å². The number of nitrogens with zero attached hydrogens (tertiary/aromatic N) is 1.